The Labute approximate surface area is 109 Å². The maximum absolute atomic E-state index is 11.9. The largest absolute Gasteiger partial charge is 0.369 e. The van der Waals surface area contributed by atoms with Crippen molar-refractivity contribution in [3.05, 3.63) is 33.9 Å². The summed E-state index contributed by atoms with van der Waals surface area (Å²) < 4.78 is 4.98. The van der Waals surface area contributed by atoms with E-state index in [0.717, 1.165) is 6.07 Å². The third kappa shape index (κ3) is 3.26. The second kappa shape index (κ2) is 5.46. The van der Waals surface area contributed by atoms with Gasteiger partial charge in [0.25, 0.3) is 11.6 Å². The molecule has 7 heteroatoms. The van der Waals surface area contributed by atoms with E-state index in [9.17, 15) is 14.9 Å². The third-order valence-electron chi connectivity index (χ3n) is 2.63. The molecule has 1 aromatic rings. The van der Waals surface area contributed by atoms with Crippen molar-refractivity contribution in [2.45, 2.75) is 19.4 Å². The molecular formula is C12H13N3O4. The standard InChI is InChI=1S/C12H13N3O4/c1-12(2,19-3)11(16)14-9-5-4-8(7-13)6-10(9)15(17)18/h4-6H,1-3H3,(H,14,16). The van der Waals surface area contributed by atoms with Crippen LogP contribution in [0.15, 0.2) is 18.2 Å². The van der Waals surface area contributed by atoms with Crippen molar-refractivity contribution < 1.29 is 14.5 Å². The number of nitriles is 1. The Bertz CT molecular complexity index is 561. The van der Waals surface area contributed by atoms with Crippen molar-refractivity contribution in [1.29, 1.82) is 5.26 Å². The molecule has 1 aromatic carbocycles. The summed E-state index contributed by atoms with van der Waals surface area (Å²) in [5, 5.41) is 22.0. The fourth-order valence-corrected chi connectivity index (χ4v) is 1.22. The highest BCUT2D eigenvalue weighted by molar-refractivity contribution is 5.98. The van der Waals surface area contributed by atoms with Gasteiger partial charge in [-0.05, 0) is 26.0 Å². The van der Waals surface area contributed by atoms with Crippen LogP contribution in [-0.2, 0) is 9.53 Å². The lowest BCUT2D eigenvalue weighted by atomic mass is 10.1. The molecule has 1 rings (SSSR count). The van der Waals surface area contributed by atoms with Gasteiger partial charge in [-0.3, -0.25) is 14.9 Å². The molecule has 0 spiro atoms. The van der Waals surface area contributed by atoms with E-state index < -0.39 is 16.4 Å². The van der Waals surface area contributed by atoms with Crippen LogP contribution in [0.2, 0.25) is 0 Å². The number of carbonyl (C=O) groups excluding carboxylic acids is 1. The van der Waals surface area contributed by atoms with Crippen LogP contribution in [0.25, 0.3) is 0 Å². The maximum atomic E-state index is 11.9. The van der Waals surface area contributed by atoms with Gasteiger partial charge in [0.2, 0.25) is 0 Å². The minimum absolute atomic E-state index is 0.0270. The first-order valence-corrected chi connectivity index (χ1v) is 5.37. The van der Waals surface area contributed by atoms with E-state index >= 15 is 0 Å². The maximum Gasteiger partial charge on any atom is 0.294 e. The van der Waals surface area contributed by atoms with Gasteiger partial charge in [0.15, 0.2) is 0 Å². The molecule has 0 aliphatic carbocycles. The van der Waals surface area contributed by atoms with E-state index in [1.165, 1.54) is 33.1 Å². The van der Waals surface area contributed by atoms with E-state index in [-0.39, 0.29) is 16.9 Å². The zero-order valence-corrected chi connectivity index (χ0v) is 10.8. The number of methoxy groups -OCH3 is 1. The molecule has 0 fully saturated rings. The summed E-state index contributed by atoms with van der Waals surface area (Å²) in [6.45, 7) is 3.08. The van der Waals surface area contributed by atoms with Gasteiger partial charge < -0.3 is 10.1 Å². The number of benzene rings is 1. The van der Waals surface area contributed by atoms with Gasteiger partial charge in [-0.1, -0.05) is 0 Å². The molecule has 0 aromatic heterocycles. The topological polar surface area (TPSA) is 105 Å². The van der Waals surface area contributed by atoms with E-state index in [1.54, 1.807) is 6.07 Å². The van der Waals surface area contributed by atoms with Crippen LogP contribution < -0.4 is 5.32 Å². The number of nitro groups is 1. The molecule has 1 N–H and O–H groups in total. The molecule has 0 bridgehead atoms. The average molecular weight is 263 g/mol. The molecule has 100 valence electrons. The van der Waals surface area contributed by atoms with Crippen molar-refractivity contribution in [3.8, 4) is 6.07 Å². The number of nitrogens with zero attached hydrogens (tertiary/aromatic N) is 2. The van der Waals surface area contributed by atoms with E-state index in [2.05, 4.69) is 5.32 Å². The molecule has 0 aliphatic rings. The van der Waals surface area contributed by atoms with Crippen molar-refractivity contribution in [1.82, 2.24) is 0 Å². The second-order valence-corrected chi connectivity index (χ2v) is 4.27. The molecule has 0 atom stereocenters. The Morgan fingerprint density at radius 2 is 2.16 bits per heavy atom. The van der Waals surface area contributed by atoms with Gasteiger partial charge in [0.05, 0.1) is 16.6 Å². The summed E-state index contributed by atoms with van der Waals surface area (Å²) in [5.41, 5.74) is -1.27. The normalized spacial score (nSPS) is 10.6. The number of hydrogen-bond acceptors (Lipinski definition) is 5. The van der Waals surface area contributed by atoms with Crippen molar-refractivity contribution in [2.75, 3.05) is 12.4 Å². The minimum atomic E-state index is -1.11. The average Bonchev–Trinajstić information content (AvgIpc) is 2.38. The lowest BCUT2D eigenvalue weighted by Gasteiger charge is -2.21. The molecule has 0 heterocycles. The first-order chi connectivity index (χ1) is 8.81. The molecular weight excluding hydrogens is 250 g/mol. The zero-order chi connectivity index (χ0) is 14.6. The summed E-state index contributed by atoms with van der Waals surface area (Å²) in [4.78, 5) is 22.1. The Hall–Kier alpha value is -2.46. The van der Waals surface area contributed by atoms with Gasteiger partial charge in [-0.2, -0.15) is 5.26 Å². The molecule has 0 unspecified atom stereocenters. The van der Waals surface area contributed by atoms with Crippen molar-refractivity contribution in [2.24, 2.45) is 0 Å². The first-order valence-electron chi connectivity index (χ1n) is 5.37. The minimum Gasteiger partial charge on any atom is -0.369 e. The molecule has 7 nitrogen and oxygen atoms in total. The quantitative estimate of drug-likeness (QED) is 0.659. The lowest BCUT2D eigenvalue weighted by molar-refractivity contribution is -0.384. The summed E-state index contributed by atoms with van der Waals surface area (Å²) in [6.07, 6.45) is 0. The van der Waals surface area contributed by atoms with E-state index in [1.807, 2.05) is 0 Å². The van der Waals surface area contributed by atoms with Gasteiger partial charge >= 0.3 is 0 Å². The highest BCUT2D eigenvalue weighted by atomic mass is 16.6. The van der Waals surface area contributed by atoms with Gasteiger partial charge in [-0.15, -0.1) is 0 Å². The number of rotatable bonds is 4. The summed E-state index contributed by atoms with van der Waals surface area (Å²) in [5.74, 6) is -0.511. The second-order valence-electron chi connectivity index (χ2n) is 4.27. The first kappa shape index (κ1) is 14.6. The predicted octanol–water partition coefficient (Wildman–Crippen LogP) is 1.83. The fourth-order valence-electron chi connectivity index (χ4n) is 1.22. The predicted molar refractivity (Wildman–Crippen MR) is 67.5 cm³/mol. The highest BCUT2D eigenvalue weighted by Gasteiger charge is 2.29. The smallest absolute Gasteiger partial charge is 0.294 e. The SMILES string of the molecule is COC(C)(C)C(=O)Nc1ccc(C#N)cc1[N+](=O)[O-]. The lowest BCUT2D eigenvalue weighted by Crippen LogP contribution is -2.38. The van der Waals surface area contributed by atoms with Gasteiger partial charge in [-0.25, -0.2) is 0 Å². The number of amides is 1. The number of nitrogens with one attached hydrogen (secondary N) is 1. The molecule has 0 saturated carbocycles. The third-order valence-corrected chi connectivity index (χ3v) is 2.63. The molecule has 0 aliphatic heterocycles. The van der Waals surface area contributed by atoms with Crippen LogP contribution >= 0.6 is 0 Å². The van der Waals surface area contributed by atoms with Crippen LogP contribution in [0.4, 0.5) is 11.4 Å². The van der Waals surface area contributed by atoms with Gasteiger partial charge in [0, 0.05) is 13.2 Å². The molecule has 0 saturated heterocycles. The van der Waals surface area contributed by atoms with Crippen LogP contribution in [0.5, 0.6) is 0 Å². The zero-order valence-electron chi connectivity index (χ0n) is 10.8. The van der Waals surface area contributed by atoms with Crippen molar-refractivity contribution in [3.63, 3.8) is 0 Å². The Morgan fingerprint density at radius 3 is 2.63 bits per heavy atom. The fraction of sp³-hybridized carbons (Fsp3) is 0.333. The summed E-state index contributed by atoms with van der Waals surface area (Å²) >= 11 is 0. The summed E-state index contributed by atoms with van der Waals surface area (Å²) in [6, 6.07) is 5.62. The molecule has 19 heavy (non-hydrogen) atoms. The Morgan fingerprint density at radius 1 is 1.53 bits per heavy atom. The van der Waals surface area contributed by atoms with Crippen LogP contribution in [0, 0.1) is 21.4 Å². The summed E-state index contributed by atoms with van der Waals surface area (Å²) in [7, 11) is 1.37. The number of anilines is 1. The molecule has 1 amide bonds. The Kier molecular flexibility index (Phi) is 4.19. The van der Waals surface area contributed by atoms with Crippen LogP contribution in [0.3, 0.4) is 0 Å². The van der Waals surface area contributed by atoms with Crippen LogP contribution in [-0.4, -0.2) is 23.5 Å². The number of hydrogen-bond donors (Lipinski definition) is 1. The number of nitro benzene ring substituents is 1. The van der Waals surface area contributed by atoms with E-state index in [4.69, 9.17) is 10.00 Å². The number of carbonyl (C=O) groups is 1. The molecule has 0 radical (unpaired) electrons. The van der Waals surface area contributed by atoms with E-state index in [0.29, 0.717) is 0 Å². The Balaban J connectivity index is 3.12. The van der Waals surface area contributed by atoms with Crippen LogP contribution in [0.1, 0.15) is 19.4 Å². The van der Waals surface area contributed by atoms with Crippen molar-refractivity contribution >= 4 is 17.3 Å². The highest BCUT2D eigenvalue weighted by Crippen LogP contribution is 2.26. The number of ether oxygens (including phenoxy) is 1. The monoisotopic (exact) mass is 263 g/mol. The van der Waals surface area contributed by atoms with Gasteiger partial charge in [0.1, 0.15) is 11.3 Å².